The first kappa shape index (κ1) is 11.3. The molecule has 0 atom stereocenters. The van der Waals surface area contributed by atoms with Gasteiger partial charge in [0.15, 0.2) is 0 Å². The van der Waals surface area contributed by atoms with E-state index in [1.165, 1.54) is 0 Å². The van der Waals surface area contributed by atoms with E-state index in [9.17, 15) is 17.6 Å². The van der Waals surface area contributed by atoms with Crippen LogP contribution in [0.3, 0.4) is 0 Å². The van der Waals surface area contributed by atoms with Crippen LogP contribution in [0.25, 0.3) is 0 Å². The fraction of sp³-hybridized carbons (Fsp3) is 0.250. The quantitative estimate of drug-likeness (QED) is 0.473. The Labute approximate surface area is 86.0 Å². The van der Waals surface area contributed by atoms with Gasteiger partial charge in [0.25, 0.3) is 0 Å². The van der Waals surface area contributed by atoms with Crippen LogP contribution in [0.15, 0.2) is 12.1 Å². The van der Waals surface area contributed by atoms with Gasteiger partial charge in [0, 0.05) is 11.0 Å². The number of hydrogen-bond acceptors (Lipinski definition) is 1. The summed E-state index contributed by atoms with van der Waals surface area (Å²) < 4.78 is 49.6. The molecule has 0 saturated heterocycles. The van der Waals surface area contributed by atoms with Crippen molar-refractivity contribution in [1.82, 2.24) is 0 Å². The molecule has 0 heterocycles. The lowest BCUT2D eigenvalue weighted by Gasteiger charge is -2.11. The van der Waals surface area contributed by atoms with Crippen LogP contribution in [0.2, 0.25) is 0 Å². The molecule has 6 heteroatoms. The molecule has 14 heavy (non-hydrogen) atoms. The molecular formula is C8H6BrF4N. The molecule has 0 unspecified atom stereocenters. The second-order valence-electron chi connectivity index (χ2n) is 2.67. The number of rotatable bonds is 1. The molecule has 0 spiro atoms. The van der Waals surface area contributed by atoms with Crippen molar-refractivity contribution in [3.63, 3.8) is 0 Å². The molecular weight excluding hydrogens is 266 g/mol. The van der Waals surface area contributed by atoms with E-state index in [-0.39, 0.29) is 5.33 Å². The van der Waals surface area contributed by atoms with E-state index in [1.54, 1.807) is 0 Å². The summed E-state index contributed by atoms with van der Waals surface area (Å²) in [6, 6.07) is 1.91. The number of halogens is 5. The standard InChI is InChI=1S/C8H6BrF4N/c9-3-4-1-5(10)7(6(14)2-4)8(11,12)13/h1-2H,3,14H2. The first-order chi connectivity index (χ1) is 6.36. The van der Waals surface area contributed by atoms with Gasteiger partial charge < -0.3 is 5.73 Å². The zero-order valence-electron chi connectivity index (χ0n) is 6.83. The van der Waals surface area contributed by atoms with Crippen LogP contribution in [0, 0.1) is 5.82 Å². The third kappa shape index (κ3) is 2.17. The Morgan fingerprint density at radius 2 is 1.86 bits per heavy atom. The van der Waals surface area contributed by atoms with E-state index in [1.807, 2.05) is 0 Å². The number of alkyl halides is 4. The summed E-state index contributed by atoms with van der Waals surface area (Å²) in [6.45, 7) is 0. The second-order valence-corrected chi connectivity index (χ2v) is 3.23. The van der Waals surface area contributed by atoms with Crippen LogP contribution >= 0.6 is 15.9 Å². The van der Waals surface area contributed by atoms with Crippen LogP contribution in [0.5, 0.6) is 0 Å². The summed E-state index contributed by atoms with van der Waals surface area (Å²) in [5, 5.41) is 0.256. The van der Waals surface area contributed by atoms with Gasteiger partial charge >= 0.3 is 6.18 Å². The maximum absolute atomic E-state index is 13.0. The summed E-state index contributed by atoms with van der Waals surface area (Å²) in [5.41, 5.74) is 3.48. The van der Waals surface area contributed by atoms with Crippen molar-refractivity contribution in [2.45, 2.75) is 11.5 Å². The Balaban J connectivity index is 3.33. The largest absolute Gasteiger partial charge is 0.421 e. The predicted octanol–water partition coefficient (Wildman–Crippen LogP) is 3.32. The predicted molar refractivity (Wildman–Crippen MR) is 48.4 cm³/mol. The van der Waals surface area contributed by atoms with E-state index in [2.05, 4.69) is 15.9 Å². The van der Waals surface area contributed by atoms with Gasteiger partial charge in [-0.25, -0.2) is 4.39 Å². The Hall–Kier alpha value is -0.780. The zero-order chi connectivity index (χ0) is 10.9. The van der Waals surface area contributed by atoms with Gasteiger partial charge in [0.1, 0.15) is 11.4 Å². The Morgan fingerprint density at radius 3 is 2.21 bits per heavy atom. The SMILES string of the molecule is Nc1cc(CBr)cc(F)c1C(F)(F)F. The third-order valence-electron chi connectivity index (χ3n) is 1.62. The average molecular weight is 272 g/mol. The van der Waals surface area contributed by atoms with Crippen LogP contribution in [-0.4, -0.2) is 0 Å². The van der Waals surface area contributed by atoms with Crippen molar-refractivity contribution in [3.8, 4) is 0 Å². The molecule has 0 fully saturated rings. The molecule has 0 amide bonds. The van der Waals surface area contributed by atoms with E-state index in [0.29, 0.717) is 5.56 Å². The van der Waals surface area contributed by atoms with Crippen molar-refractivity contribution in [2.24, 2.45) is 0 Å². The van der Waals surface area contributed by atoms with Gasteiger partial charge in [0.2, 0.25) is 0 Å². The highest BCUT2D eigenvalue weighted by molar-refractivity contribution is 9.08. The lowest BCUT2D eigenvalue weighted by atomic mass is 10.1. The molecule has 0 bridgehead atoms. The molecule has 1 nitrogen and oxygen atoms in total. The molecule has 1 aromatic carbocycles. The van der Waals surface area contributed by atoms with Crippen molar-refractivity contribution in [2.75, 3.05) is 5.73 Å². The first-order valence-corrected chi connectivity index (χ1v) is 4.69. The van der Waals surface area contributed by atoms with Gasteiger partial charge in [0.05, 0.1) is 0 Å². The molecule has 0 aromatic heterocycles. The van der Waals surface area contributed by atoms with Gasteiger partial charge in [-0.1, -0.05) is 15.9 Å². The molecule has 0 aliphatic heterocycles. The highest BCUT2D eigenvalue weighted by Crippen LogP contribution is 2.36. The average Bonchev–Trinajstić information content (AvgIpc) is 1.99. The Bertz CT molecular complexity index is 325. The highest BCUT2D eigenvalue weighted by atomic mass is 79.9. The molecule has 78 valence electrons. The van der Waals surface area contributed by atoms with Crippen molar-refractivity contribution >= 4 is 21.6 Å². The minimum Gasteiger partial charge on any atom is -0.398 e. The zero-order valence-corrected chi connectivity index (χ0v) is 8.41. The van der Waals surface area contributed by atoms with Crippen molar-refractivity contribution in [3.05, 3.63) is 29.1 Å². The fourth-order valence-corrected chi connectivity index (χ4v) is 1.39. The summed E-state index contributed by atoms with van der Waals surface area (Å²) in [5.74, 6) is -1.34. The summed E-state index contributed by atoms with van der Waals surface area (Å²) in [7, 11) is 0. The van der Waals surface area contributed by atoms with E-state index in [0.717, 1.165) is 12.1 Å². The molecule has 0 radical (unpaired) electrons. The third-order valence-corrected chi connectivity index (χ3v) is 2.27. The van der Waals surface area contributed by atoms with Crippen LogP contribution in [-0.2, 0) is 11.5 Å². The van der Waals surface area contributed by atoms with Crippen LogP contribution in [0.1, 0.15) is 11.1 Å². The number of nitrogen functional groups attached to an aromatic ring is 1. The number of hydrogen-bond donors (Lipinski definition) is 1. The van der Waals surface area contributed by atoms with E-state index < -0.39 is 23.2 Å². The number of anilines is 1. The highest BCUT2D eigenvalue weighted by Gasteiger charge is 2.36. The Kier molecular flexibility index (Phi) is 3.04. The number of benzene rings is 1. The molecule has 2 N–H and O–H groups in total. The lowest BCUT2D eigenvalue weighted by molar-refractivity contribution is -0.139. The normalized spacial score (nSPS) is 11.8. The first-order valence-electron chi connectivity index (χ1n) is 3.57. The lowest BCUT2D eigenvalue weighted by Crippen LogP contribution is -2.12. The van der Waals surface area contributed by atoms with Gasteiger partial charge in [-0.05, 0) is 17.7 Å². The smallest absolute Gasteiger partial charge is 0.398 e. The maximum atomic E-state index is 13.0. The monoisotopic (exact) mass is 271 g/mol. The Morgan fingerprint density at radius 1 is 1.29 bits per heavy atom. The van der Waals surface area contributed by atoms with E-state index in [4.69, 9.17) is 5.73 Å². The minimum atomic E-state index is -4.75. The molecule has 1 rings (SSSR count). The summed E-state index contributed by atoms with van der Waals surface area (Å²) in [6.07, 6.45) is -4.75. The summed E-state index contributed by atoms with van der Waals surface area (Å²) in [4.78, 5) is 0. The summed E-state index contributed by atoms with van der Waals surface area (Å²) >= 11 is 3.00. The van der Waals surface area contributed by atoms with Crippen LogP contribution in [0.4, 0.5) is 23.2 Å². The maximum Gasteiger partial charge on any atom is 0.421 e. The molecule has 0 aliphatic carbocycles. The molecule has 0 aliphatic rings. The molecule has 0 saturated carbocycles. The van der Waals surface area contributed by atoms with Crippen molar-refractivity contribution < 1.29 is 17.6 Å². The second kappa shape index (κ2) is 3.76. The van der Waals surface area contributed by atoms with E-state index >= 15 is 0 Å². The van der Waals surface area contributed by atoms with Gasteiger partial charge in [-0.2, -0.15) is 13.2 Å². The van der Waals surface area contributed by atoms with Gasteiger partial charge in [-0.3, -0.25) is 0 Å². The van der Waals surface area contributed by atoms with Gasteiger partial charge in [-0.15, -0.1) is 0 Å². The topological polar surface area (TPSA) is 26.0 Å². The fourth-order valence-electron chi connectivity index (χ4n) is 1.06. The van der Waals surface area contributed by atoms with Crippen LogP contribution < -0.4 is 5.73 Å². The number of nitrogens with two attached hydrogens (primary N) is 1. The molecule has 1 aromatic rings. The minimum absolute atomic E-state index is 0.256. The van der Waals surface area contributed by atoms with Crippen molar-refractivity contribution in [1.29, 1.82) is 0 Å².